The molecule has 0 saturated heterocycles. The van der Waals surface area contributed by atoms with Crippen LogP contribution in [0.3, 0.4) is 0 Å². The molecule has 0 bridgehead atoms. The van der Waals surface area contributed by atoms with Crippen LogP contribution in [0.15, 0.2) is 30.3 Å². The zero-order chi connectivity index (χ0) is 20.9. The lowest BCUT2D eigenvalue weighted by molar-refractivity contribution is -0.643. The van der Waals surface area contributed by atoms with Gasteiger partial charge in [0.1, 0.15) is 5.00 Å². The topological polar surface area (TPSA) is 81.2 Å². The molecule has 1 aromatic heterocycles. The van der Waals surface area contributed by atoms with E-state index in [0.29, 0.717) is 36.7 Å². The molecule has 0 radical (unpaired) electrons. The Morgan fingerprint density at radius 3 is 2.76 bits per heavy atom. The van der Waals surface area contributed by atoms with E-state index in [1.807, 2.05) is 37.4 Å². The molecule has 0 spiro atoms. The first-order valence-electron chi connectivity index (χ1n) is 10.0. The Hall–Kier alpha value is -2.22. The number of thiophene rings is 1. The SMILES string of the molecule is CCOC(=O)c1c(NC(=O)C[NH2+]CCc2ccccc2)sc2c1CC(C)(C)OC2. The number of rotatable bonds is 8. The molecule has 1 aromatic carbocycles. The second-order valence-corrected chi connectivity index (χ2v) is 8.82. The van der Waals surface area contributed by atoms with Gasteiger partial charge in [-0.1, -0.05) is 30.3 Å². The number of nitrogens with two attached hydrogens (primary N) is 1. The van der Waals surface area contributed by atoms with Crippen molar-refractivity contribution in [3.8, 4) is 0 Å². The van der Waals surface area contributed by atoms with Crippen LogP contribution in [0, 0.1) is 0 Å². The van der Waals surface area contributed by atoms with Crippen LogP contribution in [-0.4, -0.2) is 37.2 Å². The van der Waals surface area contributed by atoms with E-state index < -0.39 is 0 Å². The molecule has 7 heteroatoms. The summed E-state index contributed by atoms with van der Waals surface area (Å²) >= 11 is 1.41. The lowest BCUT2D eigenvalue weighted by Crippen LogP contribution is -2.86. The third-order valence-electron chi connectivity index (χ3n) is 4.83. The van der Waals surface area contributed by atoms with Gasteiger partial charge in [0.15, 0.2) is 6.54 Å². The highest BCUT2D eigenvalue weighted by Crippen LogP contribution is 2.40. The maximum atomic E-state index is 12.6. The number of esters is 1. The smallest absolute Gasteiger partial charge is 0.341 e. The van der Waals surface area contributed by atoms with Gasteiger partial charge in [-0.05, 0) is 31.9 Å². The summed E-state index contributed by atoms with van der Waals surface area (Å²) in [7, 11) is 0. The Morgan fingerprint density at radius 1 is 1.28 bits per heavy atom. The third kappa shape index (κ3) is 5.65. The molecule has 1 amide bonds. The van der Waals surface area contributed by atoms with Crippen LogP contribution in [0.2, 0.25) is 0 Å². The normalized spacial score (nSPS) is 14.9. The maximum absolute atomic E-state index is 12.6. The van der Waals surface area contributed by atoms with E-state index in [1.54, 1.807) is 6.92 Å². The summed E-state index contributed by atoms with van der Waals surface area (Å²) < 4.78 is 11.1. The van der Waals surface area contributed by atoms with Crippen molar-refractivity contribution in [2.24, 2.45) is 0 Å². The van der Waals surface area contributed by atoms with E-state index in [4.69, 9.17) is 9.47 Å². The Bertz CT molecular complexity index is 861. The average molecular weight is 418 g/mol. The molecule has 0 atom stereocenters. The van der Waals surface area contributed by atoms with Crippen LogP contribution in [0.4, 0.5) is 5.00 Å². The van der Waals surface area contributed by atoms with E-state index in [9.17, 15) is 9.59 Å². The number of hydrogen-bond donors (Lipinski definition) is 2. The molecule has 0 aliphatic carbocycles. The monoisotopic (exact) mass is 417 g/mol. The highest BCUT2D eigenvalue weighted by Gasteiger charge is 2.34. The number of quaternary nitrogens is 1. The van der Waals surface area contributed by atoms with Gasteiger partial charge in [-0.2, -0.15) is 0 Å². The summed E-state index contributed by atoms with van der Waals surface area (Å²) in [5, 5.41) is 5.47. The van der Waals surface area contributed by atoms with Crippen LogP contribution in [0.25, 0.3) is 0 Å². The van der Waals surface area contributed by atoms with Crippen molar-refractivity contribution in [3.05, 3.63) is 51.9 Å². The number of carbonyl (C=O) groups excluding carboxylic acids is 2. The fraction of sp³-hybridized carbons (Fsp3) is 0.455. The molecule has 0 unspecified atom stereocenters. The number of anilines is 1. The standard InChI is InChI=1S/C22H28N2O4S/c1-4-27-21(26)19-16-12-22(2,3)28-14-17(16)29-20(19)24-18(25)13-23-11-10-15-8-6-5-7-9-15/h5-9,23H,4,10-14H2,1-3H3,(H,24,25)/p+1. The molecular formula is C22H29N2O4S+. The fourth-order valence-electron chi connectivity index (χ4n) is 3.38. The first-order chi connectivity index (χ1) is 13.9. The Kier molecular flexibility index (Phi) is 7.05. The van der Waals surface area contributed by atoms with Gasteiger partial charge >= 0.3 is 5.97 Å². The van der Waals surface area contributed by atoms with Crippen molar-refractivity contribution < 1.29 is 24.4 Å². The largest absolute Gasteiger partial charge is 0.462 e. The van der Waals surface area contributed by atoms with Crippen molar-refractivity contribution in [1.82, 2.24) is 0 Å². The molecule has 3 N–H and O–H groups in total. The second kappa shape index (κ2) is 9.52. The van der Waals surface area contributed by atoms with Gasteiger partial charge in [0.05, 0.1) is 30.9 Å². The van der Waals surface area contributed by atoms with Gasteiger partial charge in [0, 0.05) is 17.7 Å². The maximum Gasteiger partial charge on any atom is 0.341 e. The minimum Gasteiger partial charge on any atom is -0.462 e. The van der Waals surface area contributed by atoms with Crippen LogP contribution in [0.1, 0.15) is 47.1 Å². The third-order valence-corrected chi connectivity index (χ3v) is 5.95. The number of amides is 1. The number of hydrogen-bond acceptors (Lipinski definition) is 5. The Labute approximate surface area is 175 Å². The molecule has 0 fully saturated rings. The van der Waals surface area contributed by atoms with E-state index >= 15 is 0 Å². The predicted molar refractivity (Wildman–Crippen MR) is 113 cm³/mol. The zero-order valence-electron chi connectivity index (χ0n) is 17.2. The minimum absolute atomic E-state index is 0.123. The average Bonchev–Trinajstić information content (AvgIpc) is 3.02. The number of benzene rings is 1. The number of fused-ring (bicyclic) bond motifs is 1. The highest BCUT2D eigenvalue weighted by atomic mass is 32.1. The highest BCUT2D eigenvalue weighted by molar-refractivity contribution is 7.17. The van der Waals surface area contributed by atoms with Crippen LogP contribution in [-0.2, 0) is 33.7 Å². The molecule has 1 aliphatic rings. The van der Waals surface area contributed by atoms with Crippen molar-refractivity contribution in [1.29, 1.82) is 0 Å². The Balaban J connectivity index is 1.64. The molecule has 2 heterocycles. The van der Waals surface area contributed by atoms with Crippen LogP contribution in [0.5, 0.6) is 0 Å². The van der Waals surface area contributed by atoms with Crippen LogP contribution < -0.4 is 10.6 Å². The molecule has 3 rings (SSSR count). The predicted octanol–water partition coefficient (Wildman–Crippen LogP) is 2.52. The van der Waals surface area contributed by atoms with Crippen molar-refractivity contribution >= 4 is 28.2 Å². The lowest BCUT2D eigenvalue weighted by Gasteiger charge is -2.30. The number of carbonyl (C=O) groups is 2. The van der Waals surface area contributed by atoms with E-state index in [0.717, 1.165) is 23.4 Å². The first-order valence-corrected chi connectivity index (χ1v) is 10.8. The van der Waals surface area contributed by atoms with E-state index in [2.05, 4.69) is 17.4 Å². The summed E-state index contributed by atoms with van der Waals surface area (Å²) in [6, 6.07) is 10.2. The summed E-state index contributed by atoms with van der Waals surface area (Å²) in [5.41, 5.74) is 2.33. The zero-order valence-corrected chi connectivity index (χ0v) is 18.1. The van der Waals surface area contributed by atoms with Gasteiger partial charge in [0.25, 0.3) is 5.91 Å². The minimum atomic E-state index is -0.383. The molecule has 6 nitrogen and oxygen atoms in total. The van der Waals surface area contributed by atoms with Crippen molar-refractivity contribution in [3.63, 3.8) is 0 Å². The number of nitrogens with one attached hydrogen (secondary N) is 1. The molecule has 156 valence electrons. The van der Waals surface area contributed by atoms with Crippen molar-refractivity contribution in [2.75, 3.05) is 25.0 Å². The fourth-order valence-corrected chi connectivity index (χ4v) is 4.52. The number of ether oxygens (including phenoxy) is 2. The van der Waals surface area contributed by atoms with E-state index in [1.165, 1.54) is 16.9 Å². The van der Waals surface area contributed by atoms with Gasteiger partial charge in [0.2, 0.25) is 0 Å². The molecule has 2 aromatic rings. The second-order valence-electron chi connectivity index (χ2n) is 7.72. The summed E-state index contributed by atoms with van der Waals surface area (Å²) in [6.07, 6.45) is 1.52. The van der Waals surface area contributed by atoms with Crippen LogP contribution >= 0.6 is 11.3 Å². The summed E-state index contributed by atoms with van der Waals surface area (Å²) in [6.45, 7) is 7.65. The quantitative estimate of drug-likeness (QED) is 0.511. The van der Waals surface area contributed by atoms with Gasteiger partial charge in [-0.25, -0.2) is 4.79 Å². The Morgan fingerprint density at radius 2 is 2.03 bits per heavy atom. The molecular weight excluding hydrogens is 388 g/mol. The molecule has 0 saturated carbocycles. The van der Waals surface area contributed by atoms with Gasteiger partial charge in [-0.15, -0.1) is 11.3 Å². The van der Waals surface area contributed by atoms with Gasteiger partial charge in [-0.3, -0.25) is 4.79 Å². The van der Waals surface area contributed by atoms with E-state index in [-0.39, 0.29) is 17.5 Å². The van der Waals surface area contributed by atoms with Crippen molar-refractivity contribution in [2.45, 2.75) is 45.8 Å². The molecule has 29 heavy (non-hydrogen) atoms. The molecule has 1 aliphatic heterocycles. The van der Waals surface area contributed by atoms with Gasteiger partial charge < -0.3 is 20.1 Å². The summed E-state index contributed by atoms with van der Waals surface area (Å²) in [5.74, 6) is -0.506. The lowest BCUT2D eigenvalue weighted by atomic mass is 9.93. The first kappa shape index (κ1) is 21.5. The summed E-state index contributed by atoms with van der Waals surface area (Å²) in [4.78, 5) is 26.1.